The lowest BCUT2D eigenvalue weighted by molar-refractivity contribution is 0.252. The first kappa shape index (κ1) is 15.7. The Hall–Kier alpha value is -1.72. The van der Waals surface area contributed by atoms with Gasteiger partial charge in [0.15, 0.2) is 0 Å². The lowest BCUT2D eigenvalue weighted by atomic mass is 10.0. The highest BCUT2D eigenvalue weighted by molar-refractivity contribution is 5.53. The van der Waals surface area contributed by atoms with Crippen LogP contribution in [-0.4, -0.2) is 34.7 Å². The molecule has 0 aliphatic heterocycles. The second-order valence-corrected chi connectivity index (χ2v) is 5.81. The molecule has 0 saturated heterocycles. The Morgan fingerprint density at radius 1 is 1.24 bits per heavy atom. The molecule has 0 aliphatic rings. The highest BCUT2D eigenvalue weighted by atomic mass is 16.5. The number of hydrogen-bond donors (Lipinski definition) is 1. The average Bonchev–Trinajstić information content (AvgIpc) is 2.94. The third-order valence-corrected chi connectivity index (χ3v) is 3.61. The van der Waals surface area contributed by atoms with E-state index < -0.39 is 0 Å². The molecule has 5 heteroatoms. The molecule has 0 aliphatic carbocycles. The SMILES string of the molecule is CC(C)C(N)CCN(C)Cc1nc(-c2ccccc2)no1. The number of nitrogens with zero attached hydrogens (tertiary/aromatic N) is 3. The molecule has 1 aromatic carbocycles. The zero-order valence-corrected chi connectivity index (χ0v) is 13.0. The number of aromatic nitrogens is 2. The summed E-state index contributed by atoms with van der Waals surface area (Å²) in [6.45, 7) is 5.86. The van der Waals surface area contributed by atoms with Crippen molar-refractivity contribution in [2.75, 3.05) is 13.6 Å². The Balaban J connectivity index is 1.88. The Labute approximate surface area is 126 Å². The van der Waals surface area contributed by atoms with Gasteiger partial charge in [-0.15, -0.1) is 0 Å². The second kappa shape index (κ2) is 7.33. The van der Waals surface area contributed by atoms with Crippen LogP contribution in [0.5, 0.6) is 0 Å². The lowest BCUT2D eigenvalue weighted by Crippen LogP contribution is -2.31. The maximum Gasteiger partial charge on any atom is 0.241 e. The van der Waals surface area contributed by atoms with Crippen molar-refractivity contribution in [2.24, 2.45) is 11.7 Å². The molecule has 0 radical (unpaired) electrons. The van der Waals surface area contributed by atoms with E-state index in [9.17, 15) is 0 Å². The van der Waals surface area contributed by atoms with Gasteiger partial charge in [0.1, 0.15) is 0 Å². The fourth-order valence-corrected chi connectivity index (χ4v) is 2.04. The molecular formula is C16H24N4O. The molecule has 2 aromatic rings. The Kier molecular flexibility index (Phi) is 5.47. The van der Waals surface area contributed by atoms with E-state index >= 15 is 0 Å². The van der Waals surface area contributed by atoms with E-state index in [1.54, 1.807) is 0 Å². The van der Waals surface area contributed by atoms with Crippen LogP contribution in [0.15, 0.2) is 34.9 Å². The predicted octanol–water partition coefficient (Wildman–Crippen LogP) is 2.54. The molecular weight excluding hydrogens is 264 g/mol. The van der Waals surface area contributed by atoms with E-state index in [1.807, 2.05) is 37.4 Å². The summed E-state index contributed by atoms with van der Waals surface area (Å²) in [4.78, 5) is 6.59. The van der Waals surface area contributed by atoms with E-state index in [1.165, 1.54) is 0 Å². The van der Waals surface area contributed by atoms with Gasteiger partial charge in [-0.3, -0.25) is 4.90 Å². The van der Waals surface area contributed by atoms with Gasteiger partial charge in [-0.2, -0.15) is 4.98 Å². The van der Waals surface area contributed by atoms with E-state index in [-0.39, 0.29) is 6.04 Å². The first-order chi connectivity index (χ1) is 10.1. The first-order valence-electron chi connectivity index (χ1n) is 7.38. The number of benzene rings is 1. The van der Waals surface area contributed by atoms with Crippen LogP contribution in [0, 0.1) is 5.92 Å². The molecule has 1 aromatic heterocycles. The fraction of sp³-hybridized carbons (Fsp3) is 0.500. The van der Waals surface area contributed by atoms with Gasteiger partial charge in [-0.05, 0) is 25.9 Å². The molecule has 1 unspecified atom stereocenters. The fourth-order valence-electron chi connectivity index (χ4n) is 2.04. The third kappa shape index (κ3) is 4.65. The Bertz CT molecular complexity index is 538. The summed E-state index contributed by atoms with van der Waals surface area (Å²) in [7, 11) is 2.04. The number of rotatable bonds is 7. The van der Waals surface area contributed by atoms with Crippen molar-refractivity contribution >= 4 is 0 Å². The van der Waals surface area contributed by atoms with Crippen LogP contribution in [0.4, 0.5) is 0 Å². The summed E-state index contributed by atoms with van der Waals surface area (Å²) in [5, 5.41) is 4.03. The zero-order valence-electron chi connectivity index (χ0n) is 13.0. The molecule has 1 heterocycles. The molecule has 0 amide bonds. The van der Waals surface area contributed by atoms with Crippen LogP contribution >= 0.6 is 0 Å². The van der Waals surface area contributed by atoms with E-state index in [4.69, 9.17) is 10.3 Å². The summed E-state index contributed by atoms with van der Waals surface area (Å²) in [5.41, 5.74) is 7.03. The maximum atomic E-state index is 6.06. The third-order valence-electron chi connectivity index (χ3n) is 3.61. The van der Waals surface area contributed by atoms with Gasteiger partial charge in [0.25, 0.3) is 0 Å². The van der Waals surface area contributed by atoms with Crippen LogP contribution < -0.4 is 5.73 Å². The largest absolute Gasteiger partial charge is 0.338 e. The molecule has 0 spiro atoms. The molecule has 0 bridgehead atoms. The Morgan fingerprint density at radius 2 is 1.95 bits per heavy atom. The molecule has 5 nitrogen and oxygen atoms in total. The summed E-state index contributed by atoms with van der Waals surface area (Å²) < 4.78 is 5.31. The zero-order chi connectivity index (χ0) is 15.2. The monoisotopic (exact) mass is 288 g/mol. The van der Waals surface area contributed by atoms with Crippen LogP contribution in [0.2, 0.25) is 0 Å². The van der Waals surface area contributed by atoms with Crippen LogP contribution in [-0.2, 0) is 6.54 Å². The van der Waals surface area contributed by atoms with Crippen LogP contribution in [0.25, 0.3) is 11.4 Å². The maximum absolute atomic E-state index is 6.06. The normalized spacial score (nSPS) is 13.0. The quantitative estimate of drug-likeness (QED) is 0.848. The molecule has 2 N–H and O–H groups in total. The van der Waals surface area contributed by atoms with Gasteiger partial charge in [0, 0.05) is 11.6 Å². The summed E-state index contributed by atoms with van der Waals surface area (Å²) in [6, 6.07) is 10.1. The van der Waals surface area contributed by atoms with Gasteiger partial charge >= 0.3 is 0 Å². The highest BCUT2D eigenvalue weighted by Crippen LogP contribution is 2.15. The van der Waals surface area contributed by atoms with Crippen LogP contribution in [0.3, 0.4) is 0 Å². The minimum Gasteiger partial charge on any atom is -0.338 e. The smallest absolute Gasteiger partial charge is 0.241 e. The Morgan fingerprint density at radius 3 is 2.62 bits per heavy atom. The number of hydrogen-bond acceptors (Lipinski definition) is 5. The standard InChI is InChI=1S/C16H24N4O/c1-12(2)14(17)9-10-20(3)11-15-18-16(19-21-15)13-7-5-4-6-8-13/h4-8,12,14H,9-11,17H2,1-3H3. The second-order valence-electron chi connectivity index (χ2n) is 5.81. The van der Waals surface area contributed by atoms with E-state index in [0.717, 1.165) is 18.5 Å². The summed E-state index contributed by atoms with van der Waals surface area (Å²) in [6.07, 6.45) is 0.966. The number of nitrogens with two attached hydrogens (primary N) is 1. The van der Waals surface area contributed by atoms with E-state index in [2.05, 4.69) is 28.9 Å². The van der Waals surface area contributed by atoms with Crippen molar-refractivity contribution in [1.29, 1.82) is 0 Å². The molecule has 2 rings (SSSR count). The van der Waals surface area contributed by atoms with Crippen molar-refractivity contribution in [1.82, 2.24) is 15.0 Å². The highest BCUT2D eigenvalue weighted by Gasteiger charge is 2.12. The lowest BCUT2D eigenvalue weighted by Gasteiger charge is -2.19. The first-order valence-corrected chi connectivity index (χ1v) is 7.38. The van der Waals surface area contributed by atoms with Crippen molar-refractivity contribution in [3.8, 4) is 11.4 Å². The van der Waals surface area contributed by atoms with Crippen LogP contribution in [0.1, 0.15) is 26.2 Å². The molecule has 1 atom stereocenters. The van der Waals surface area contributed by atoms with Crippen molar-refractivity contribution in [3.05, 3.63) is 36.2 Å². The van der Waals surface area contributed by atoms with Gasteiger partial charge in [0.2, 0.25) is 11.7 Å². The molecule has 21 heavy (non-hydrogen) atoms. The minimum atomic E-state index is 0.231. The van der Waals surface area contributed by atoms with Crippen molar-refractivity contribution in [3.63, 3.8) is 0 Å². The molecule has 114 valence electrons. The predicted molar refractivity (Wildman–Crippen MR) is 83.5 cm³/mol. The summed E-state index contributed by atoms with van der Waals surface area (Å²) in [5.74, 6) is 1.78. The minimum absolute atomic E-state index is 0.231. The average molecular weight is 288 g/mol. The van der Waals surface area contributed by atoms with Gasteiger partial charge in [-0.25, -0.2) is 0 Å². The van der Waals surface area contributed by atoms with Crippen molar-refractivity contribution in [2.45, 2.75) is 32.9 Å². The summed E-state index contributed by atoms with van der Waals surface area (Å²) >= 11 is 0. The van der Waals surface area contributed by atoms with Gasteiger partial charge in [0.05, 0.1) is 6.54 Å². The van der Waals surface area contributed by atoms with E-state index in [0.29, 0.717) is 24.2 Å². The van der Waals surface area contributed by atoms with Crippen molar-refractivity contribution < 1.29 is 4.52 Å². The van der Waals surface area contributed by atoms with Gasteiger partial charge in [-0.1, -0.05) is 49.3 Å². The topological polar surface area (TPSA) is 68.2 Å². The molecule has 0 saturated carbocycles. The molecule has 0 fully saturated rings. The van der Waals surface area contributed by atoms with Gasteiger partial charge < -0.3 is 10.3 Å².